The van der Waals surface area contributed by atoms with Gasteiger partial charge in [-0.05, 0) is 69.5 Å². The van der Waals surface area contributed by atoms with E-state index in [1.165, 1.54) is 11.1 Å². The zero-order valence-electron chi connectivity index (χ0n) is 17.5. The molecule has 2 aromatic carbocycles. The van der Waals surface area contributed by atoms with Gasteiger partial charge in [0.05, 0.1) is 11.6 Å². The molecule has 2 aromatic rings. The first kappa shape index (κ1) is 21.2. The Morgan fingerprint density at radius 1 is 1.04 bits per heavy atom. The average Bonchev–Trinajstić information content (AvgIpc) is 2.64. The van der Waals surface area contributed by atoms with Gasteiger partial charge in [-0.2, -0.15) is 0 Å². The normalized spacial score (nSPS) is 19.2. The molecule has 0 spiro atoms. The number of fused-ring (bicyclic) bond motifs is 1. The van der Waals surface area contributed by atoms with Gasteiger partial charge in [-0.15, -0.1) is 0 Å². The lowest BCUT2D eigenvalue weighted by atomic mass is 9.93. The maximum absolute atomic E-state index is 6.86. The van der Waals surface area contributed by atoms with Crippen molar-refractivity contribution in [2.24, 2.45) is 0 Å². The Hall–Kier alpha value is -1.56. The molecule has 3 rings (SSSR count). The van der Waals surface area contributed by atoms with Gasteiger partial charge in [0.2, 0.25) is 0 Å². The van der Waals surface area contributed by atoms with Gasteiger partial charge in [-0.3, -0.25) is 0 Å². The molecule has 0 saturated carbocycles. The standard InChI is InChI=1S/C23H29BrO3Si/c1-23(2,3)28(5,6)27-22-18-10-8-7-9-16(18)11-13-21(22)26-20-14-12-17(25-4)15-19(20)24/h7-15,21-22H,1-6H3/t21-,22-/m1/s1. The molecule has 0 amide bonds. The van der Waals surface area contributed by atoms with Crippen molar-refractivity contribution in [1.29, 1.82) is 0 Å². The highest BCUT2D eigenvalue weighted by molar-refractivity contribution is 9.10. The lowest BCUT2D eigenvalue weighted by Crippen LogP contribution is -2.45. The second kappa shape index (κ2) is 8.05. The van der Waals surface area contributed by atoms with Gasteiger partial charge < -0.3 is 13.9 Å². The molecule has 2 atom stereocenters. The van der Waals surface area contributed by atoms with Crippen LogP contribution in [0.2, 0.25) is 18.1 Å². The van der Waals surface area contributed by atoms with Crippen LogP contribution in [0.15, 0.2) is 53.0 Å². The summed E-state index contributed by atoms with van der Waals surface area (Å²) in [4.78, 5) is 0. The van der Waals surface area contributed by atoms with Crippen molar-refractivity contribution in [2.75, 3.05) is 7.11 Å². The van der Waals surface area contributed by atoms with Crippen LogP contribution in [0.4, 0.5) is 0 Å². The average molecular weight is 461 g/mol. The van der Waals surface area contributed by atoms with E-state index < -0.39 is 8.32 Å². The van der Waals surface area contributed by atoms with E-state index in [0.717, 1.165) is 16.0 Å². The first-order valence-corrected chi connectivity index (χ1v) is 13.3. The van der Waals surface area contributed by atoms with Gasteiger partial charge in [-0.1, -0.05) is 51.1 Å². The predicted molar refractivity (Wildman–Crippen MR) is 122 cm³/mol. The maximum Gasteiger partial charge on any atom is 0.193 e. The maximum atomic E-state index is 6.86. The van der Waals surface area contributed by atoms with Crippen LogP contribution in [0.25, 0.3) is 6.08 Å². The molecule has 0 aliphatic heterocycles. The summed E-state index contributed by atoms with van der Waals surface area (Å²) in [6, 6.07) is 14.2. The van der Waals surface area contributed by atoms with E-state index in [1.54, 1.807) is 7.11 Å². The Kier molecular flexibility index (Phi) is 6.08. The van der Waals surface area contributed by atoms with Crippen molar-refractivity contribution >= 4 is 30.3 Å². The summed E-state index contributed by atoms with van der Waals surface area (Å²) in [5.74, 6) is 1.57. The second-order valence-electron chi connectivity index (χ2n) is 8.67. The van der Waals surface area contributed by atoms with Crippen LogP contribution in [0.5, 0.6) is 11.5 Å². The Morgan fingerprint density at radius 2 is 1.75 bits per heavy atom. The number of hydrogen-bond donors (Lipinski definition) is 0. The number of methoxy groups -OCH3 is 1. The van der Waals surface area contributed by atoms with Crippen LogP contribution in [0.3, 0.4) is 0 Å². The Labute approximate surface area is 178 Å². The smallest absolute Gasteiger partial charge is 0.193 e. The van der Waals surface area contributed by atoms with E-state index in [0.29, 0.717) is 0 Å². The van der Waals surface area contributed by atoms with Crippen molar-refractivity contribution in [3.05, 3.63) is 64.1 Å². The molecule has 0 radical (unpaired) electrons. The molecule has 0 fully saturated rings. The molecule has 0 N–H and O–H groups in total. The van der Waals surface area contributed by atoms with Crippen molar-refractivity contribution in [3.63, 3.8) is 0 Å². The quantitative estimate of drug-likeness (QED) is 0.449. The summed E-state index contributed by atoms with van der Waals surface area (Å²) in [5, 5.41) is 0.119. The number of benzene rings is 2. The molecule has 150 valence electrons. The molecular weight excluding hydrogens is 432 g/mol. The molecule has 3 nitrogen and oxygen atoms in total. The number of rotatable bonds is 5. The van der Waals surface area contributed by atoms with Crippen molar-refractivity contribution in [3.8, 4) is 11.5 Å². The minimum absolute atomic E-state index is 0.119. The Balaban J connectivity index is 1.95. The topological polar surface area (TPSA) is 27.7 Å². The third kappa shape index (κ3) is 4.37. The van der Waals surface area contributed by atoms with Crippen LogP contribution in [0, 0.1) is 0 Å². The first-order valence-electron chi connectivity index (χ1n) is 9.57. The number of hydrogen-bond acceptors (Lipinski definition) is 3. The van der Waals surface area contributed by atoms with E-state index in [4.69, 9.17) is 13.9 Å². The van der Waals surface area contributed by atoms with Crippen molar-refractivity contribution in [2.45, 2.75) is 51.1 Å². The third-order valence-corrected chi connectivity index (χ3v) is 10.8. The molecule has 0 bridgehead atoms. The number of ether oxygens (including phenoxy) is 2. The summed E-state index contributed by atoms with van der Waals surface area (Å²) in [6.45, 7) is 11.4. The highest BCUT2D eigenvalue weighted by Crippen LogP contribution is 2.43. The molecule has 0 unspecified atom stereocenters. The lowest BCUT2D eigenvalue weighted by Gasteiger charge is -2.42. The number of halogens is 1. The molecule has 5 heteroatoms. The zero-order chi connectivity index (χ0) is 20.5. The predicted octanol–water partition coefficient (Wildman–Crippen LogP) is 7.00. The van der Waals surface area contributed by atoms with E-state index >= 15 is 0 Å². The second-order valence-corrected chi connectivity index (χ2v) is 14.3. The van der Waals surface area contributed by atoms with Crippen LogP contribution in [0.1, 0.15) is 38.0 Å². The Morgan fingerprint density at radius 3 is 2.39 bits per heavy atom. The lowest BCUT2D eigenvalue weighted by molar-refractivity contribution is 0.0699. The van der Waals surface area contributed by atoms with Crippen molar-refractivity contribution < 1.29 is 13.9 Å². The fourth-order valence-electron chi connectivity index (χ4n) is 2.97. The van der Waals surface area contributed by atoms with Crippen LogP contribution in [-0.2, 0) is 4.43 Å². The fourth-order valence-corrected chi connectivity index (χ4v) is 4.68. The summed E-state index contributed by atoms with van der Waals surface area (Å²) in [7, 11) is -0.335. The molecule has 0 aromatic heterocycles. The summed E-state index contributed by atoms with van der Waals surface area (Å²) < 4.78 is 19.4. The molecule has 1 aliphatic carbocycles. The summed E-state index contributed by atoms with van der Waals surface area (Å²) in [6.07, 6.45) is 3.89. The molecule has 1 aliphatic rings. The minimum Gasteiger partial charge on any atom is -0.497 e. The van der Waals surface area contributed by atoms with Crippen LogP contribution < -0.4 is 9.47 Å². The van der Waals surface area contributed by atoms with Gasteiger partial charge in [0, 0.05) is 0 Å². The van der Waals surface area contributed by atoms with E-state index in [2.05, 4.69) is 86.2 Å². The molecule has 28 heavy (non-hydrogen) atoms. The van der Waals surface area contributed by atoms with Crippen LogP contribution >= 0.6 is 15.9 Å². The summed E-state index contributed by atoms with van der Waals surface area (Å²) >= 11 is 3.60. The Bertz CT molecular complexity index is 870. The van der Waals surface area contributed by atoms with Gasteiger partial charge in [0.1, 0.15) is 23.7 Å². The molecular formula is C23H29BrO3Si. The van der Waals surface area contributed by atoms with Gasteiger partial charge in [-0.25, -0.2) is 0 Å². The van der Waals surface area contributed by atoms with Gasteiger partial charge >= 0.3 is 0 Å². The monoisotopic (exact) mass is 460 g/mol. The highest BCUT2D eigenvalue weighted by Gasteiger charge is 2.42. The largest absolute Gasteiger partial charge is 0.497 e. The van der Waals surface area contributed by atoms with Crippen molar-refractivity contribution in [1.82, 2.24) is 0 Å². The van der Waals surface area contributed by atoms with E-state index in [1.807, 2.05) is 18.2 Å². The minimum atomic E-state index is -1.99. The van der Waals surface area contributed by atoms with Crippen LogP contribution in [-0.4, -0.2) is 21.5 Å². The van der Waals surface area contributed by atoms with Gasteiger partial charge in [0.15, 0.2) is 8.32 Å². The highest BCUT2D eigenvalue weighted by atomic mass is 79.9. The van der Waals surface area contributed by atoms with Gasteiger partial charge in [0.25, 0.3) is 0 Å². The van der Waals surface area contributed by atoms with E-state index in [-0.39, 0.29) is 17.2 Å². The fraction of sp³-hybridized carbons (Fsp3) is 0.391. The third-order valence-electron chi connectivity index (χ3n) is 5.70. The molecule has 0 saturated heterocycles. The summed E-state index contributed by atoms with van der Waals surface area (Å²) in [5.41, 5.74) is 2.38. The van der Waals surface area contributed by atoms with E-state index in [9.17, 15) is 0 Å². The first-order chi connectivity index (χ1) is 13.1. The molecule has 0 heterocycles. The zero-order valence-corrected chi connectivity index (χ0v) is 20.0. The SMILES string of the molecule is COc1ccc(O[C@@H]2C=Cc3ccccc3[C@H]2O[Si](C)(C)C(C)(C)C)c(Br)c1.